The summed E-state index contributed by atoms with van der Waals surface area (Å²) in [7, 11) is 0. The van der Waals surface area contributed by atoms with Crippen molar-refractivity contribution in [3.05, 3.63) is 59.2 Å². The van der Waals surface area contributed by atoms with Crippen molar-refractivity contribution >= 4 is 23.2 Å². The minimum Gasteiger partial charge on any atom is -0.330 e. The van der Waals surface area contributed by atoms with Gasteiger partial charge in [0.15, 0.2) is 0 Å². The van der Waals surface area contributed by atoms with Crippen LogP contribution in [0.2, 0.25) is 0 Å². The molecular formula is C18H21N3O2. The lowest BCUT2D eigenvalue weighted by molar-refractivity contribution is -0.116. The molecule has 0 bridgehead atoms. The highest BCUT2D eigenvalue weighted by molar-refractivity contribution is 6.08. The molecule has 2 amide bonds. The van der Waals surface area contributed by atoms with Crippen molar-refractivity contribution in [1.29, 1.82) is 0 Å². The van der Waals surface area contributed by atoms with Crippen LogP contribution in [0.15, 0.2) is 42.5 Å². The summed E-state index contributed by atoms with van der Waals surface area (Å²) in [6.07, 6.45) is 0.235. The second-order valence-electron chi connectivity index (χ2n) is 5.40. The first-order valence-electron chi connectivity index (χ1n) is 7.49. The molecule has 0 heterocycles. The van der Waals surface area contributed by atoms with E-state index in [1.165, 1.54) is 0 Å². The van der Waals surface area contributed by atoms with E-state index in [2.05, 4.69) is 10.6 Å². The first-order chi connectivity index (χ1) is 11.0. The molecule has 0 aliphatic rings. The molecule has 0 aromatic heterocycles. The van der Waals surface area contributed by atoms with E-state index in [0.29, 0.717) is 16.9 Å². The fourth-order valence-electron chi connectivity index (χ4n) is 2.23. The van der Waals surface area contributed by atoms with Gasteiger partial charge in [-0.15, -0.1) is 0 Å². The van der Waals surface area contributed by atoms with E-state index in [1.54, 1.807) is 12.1 Å². The van der Waals surface area contributed by atoms with Crippen LogP contribution >= 0.6 is 0 Å². The Morgan fingerprint density at radius 3 is 2.43 bits per heavy atom. The molecule has 120 valence electrons. The number of anilines is 2. The van der Waals surface area contributed by atoms with Gasteiger partial charge in [-0.1, -0.05) is 24.3 Å². The van der Waals surface area contributed by atoms with Crippen molar-refractivity contribution in [3.8, 4) is 0 Å². The number of nitrogens with one attached hydrogen (secondary N) is 2. The van der Waals surface area contributed by atoms with Crippen LogP contribution in [0, 0.1) is 13.8 Å². The van der Waals surface area contributed by atoms with Crippen molar-refractivity contribution in [2.45, 2.75) is 20.3 Å². The van der Waals surface area contributed by atoms with Crippen LogP contribution in [0.4, 0.5) is 11.4 Å². The molecule has 0 aliphatic carbocycles. The molecule has 0 atom stereocenters. The number of benzene rings is 2. The van der Waals surface area contributed by atoms with E-state index >= 15 is 0 Å². The zero-order chi connectivity index (χ0) is 16.8. The molecule has 0 fully saturated rings. The maximum absolute atomic E-state index is 12.4. The molecule has 2 aromatic carbocycles. The van der Waals surface area contributed by atoms with Gasteiger partial charge in [-0.05, 0) is 43.2 Å². The first-order valence-corrected chi connectivity index (χ1v) is 7.49. The highest BCUT2D eigenvalue weighted by Crippen LogP contribution is 2.24. The van der Waals surface area contributed by atoms with Gasteiger partial charge in [-0.2, -0.15) is 0 Å². The SMILES string of the molecule is Cc1ccc(NC(=O)c2ccccc2C)c(NC(=O)CCN)c1. The number of hydrogen-bond acceptors (Lipinski definition) is 3. The van der Waals surface area contributed by atoms with Crippen molar-refractivity contribution < 1.29 is 9.59 Å². The van der Waals surface area contributed by atoms with Crippen LogP contribution in [-0.4, -0.2) is 18.4 Å². The number of aryl methyl sites for hydroxylation is 2. The number of amides is 2. The average molecular weight is 311 g/mol. The van der Waals surface area contributed by atoms with E-state index in [9.17, 15) is 9.59 Å². The minimum atomic E-state index is -0.207. The van der Waals surface area contributed by atoms with Gasteiger partial charge in [0.2, 0.25) is 5.91 Å². The van der Waals surface area contributed by atoms with E-state index < -0.39 is 0 Å². The third-order valence-electron chi connectivity index (χ3n) is 3.46. The zero-order valence-electron chi connectivity index (χ0n) is 13.3. The number of carbonyl (C=O) groups excluding carboxylic acids is 2. The molecule has 5 heteroatoms. The van der Waals surface area contributed by atoms with Crippen LogP contribution in [0.1, 0.15) is 27.9 Å². The standard InChI is InChI=1S/C18H21N3O2/c1-12-7-8-15(16(11-12)20-17(22)9-10-19)21-18(23)14-6-4-3-5-13(14)2/h3-8,11H,9-10,19H2,1-2H3,(H,20,22)(H,21,23). The predicted octanol–water partition coefficient (Wildman–Crippen LogP) is 2.84. The van der Waals surface area contributed by atoms with Crippen molar-refractivity contribution in [2.24, 2.45) is 5.73 Å². The summed E-state index contributed by atoms with van der Waals surface area (Å²) in [5.41, 5.74) is 9.02. The van der Waals surface area contributed by atoms with Gasteiger partial charge in [0.1, 0.15) is 0 Å². The monoisotopic (exact) mass is 311 g/mol. The summed E-state index contributed by atoms with van der Waals surface area (Å²) in [6, 6.07) is 12.8. The Balaban J connectivity index is 2.24. The molecule has 0 spiro atoms. The van der Waals surface area contributed by atoms with Crippen LogP contribution < -0.4 is 16.4 Å². The summed E-state index contributed by atoms with van der Waals surface area (Å²) in [6.45, 7) is 4.09. The first kappa shape index (κ1) is 16.7. The number of hydrogen-bond donors (Lipinski definition) is 3. The molecule has 23 heavy (non-hydrogen) atoms. The largest absolute Gasteiger partial charge is 0.330 e. The fraction of sp³-hybridized carbons (Fsp3) is 0.222. The average Bonchev–Trinajstić information content (AvgIpc) is 2.50. The Bertz CT molecular complexity index is 726. The lowest BCUT2D eigenvalue weighted by atomic mass is 10.1. The predicted molar refractivity (Wildman–Crippen MR) is 92.6 cm³/mol. The van der Waals surface area contributed by atoms with Crippen molar-refractivity contribution in [3.63, 3.8) is 0 Å². The van der Waals surface area contributed by atoms with Crippen molar-refractivity contribution in [2.75, 3.05) is 17.2 Å². The molecule has 0 unspecified atom stereocenters. The highest BCUT2D eigenvalue weighted by atomic mass is 16.2. The lowest BCUT2D eigenvalue weighted by Crippen LogP contribution is -2.19. The summed E-state index contributed by atoms with van der Waals surface area (Å²) < 4.78 is 0. The molecule has 0 radical (unpaired) electrons. The van der Waals surface area contributed by atoms with Gasteiger partial charge in [0, 0.05) is 18.5 Å². The smallest absolute Gasteiger partial charge is 0.255 e. The van der Waals surface area contributed by atoms with Gasteiger partial charge < -0.3 is 16.4 Å². The highest BCUT2D eigenvalue weighted by Gasteiger charge is 2.12. The fourth-order valence-corrected chi connectivity index (χ4v) is 2.23. The van der Waals surface area contributed by atoms with Crippen LogP contribution in [-0.2, 0) is 4.79 Å². The summed E-state index contributed by atoms with van der Waals surface area (Å²) in [5.74, 6) is -0.384. The lowest BCUT2D eigenvalue weighted by Gasteiger charge is -2.14. The van der Waals surface area contributed by atoms with Gasteiger partial charge in [-0.3, -0.25) is 9.59 Å². The Labute approximate surface area is 135 Å². The van der Waals surface area contributed by atoms with Crippen LogP contribution in [0.25, 0.3) is 0 Å². The number of carbonyl (C=O) groups is 2. The quantitative estimate of drug-likeness (QED) is 0.794. The van der Waals surface area contributed by atoms with E-state index in [0.717, 1.165) is 11.1 Å². The number of nitrogens with two attached hydrogens (primary N) is 1. The van der Waals surface area contributed by atoms with Gasteiger partial charge >= 0.3 is 0 Å². The molecule has 2 aromatic rings. The molecular weight excluding hydrogens is 290 g/mol. The maximum Gasteiger partial charge on any atom is 0.255 e. The normalized spacial score (nSPS) is 10.2. The van der Waals surface area contributed by atoms with Gasteiger partial charge in [0.05, 0.1) is 11.4 Å². The second kappa shape index (κ2) is 7.56. The summed E-state index contributed by atoms with van der Waals surface area (Å²) >= 11 is 0. The van der Waals surface area contributed by atoms with Crippen LogP contribution in [0.5, 0.6) is 0 Å². The Morgan fingerprint density at radius 1 is 1.00 bits per heavy atom. The summed E-state index contributed by atoms with van der Waals surface area (Å²) in [4.78, 5) is 24.2. The zero-order valence-corrected chi connectivity index (χ0v) is 13.3. The van der Waals surface area contributed by atoms with Gasteiger partial charge in [0.25, 0.3) is 5.91 Å². The third kappa shape index (κ3) is 4.40. The second-order valence-corrected chi connectivity index (χ2v) is 5.40. The molecule has 2 rings (SSSR count). The van der Waals surface area contributed by atoms with E-state index in [4.69, 9.17) is 5.73 Å². The topological polar surface area (TPSA) is 84.2 Å². The summed E-state index contributed by atoms with van der Waals surface area (Å²) in [5, 5.41) is 5.65. The third-order valence-corrected chi connectivity index (χ3v) is 3.46. The molecule has 0 saturated heterocycles. The number of rotatable bonds is 5. The van der Waals surface area contributed by atoms with E-state index in [1.807, 2.05) is 44.2 Å². The minimum absolute atomic E-state index is 0.176. The van der Waals surface area contributed by atoms with Gasteiger partial charge in [-0.25, -0.2) is 0 Å². The Morgan fingerprint density at radius 2 is 1.74 bits per heavy atom. The molecule has 0 saturated carbocycles. The molecule has 4 N–H and O–H groups in total. The van der Waals surface area contributed by atoms with Crippen LogP contribution in [0.3, 0.4) is 0 Å². The molecule has 0 aliphatic heterocycles. The van der Waals surface area contributed by atoms with Crippen molar-refractivity contribution in [1.82, 2.24) is 0 Å². The Kier molecular flexibility index (Phi) is 5.49. The van der Waals surface area contributed by atoms with E-state index in [-0.39, 0.29) is 24.8 Å². The molecule has 5 nitrogen and oxygen atoms in total. The Hall–Kier alpha value is -2.66. The maximum atomic E-state index is 12.4.